The summed E-state index contributed by atoms with van der Waals surface area (Å²) in [7, 11) is 1.83. The Morgan fingerprint density at radius 2 is 2.00 bits per heavy atom. The van der Waals surface area contributed by atoms with Gasteiger partial charge in [-0.15, -0.1) is 24.0 Å². The SMILES string of the molecule is CN=C(NCC(CC(C)C)N1CCCC1)NCC1(CCO)CCOC1.I. The first kappa shape index (κ1) is 23.9. The van der Waals surface area contributed by atoms with Crippen molar-refractivity contribution in [1.29, 1.82) is 0 Å². The molecular formula is C19H39IN4O2. The van der Waals surface area contributed by atoms with Crippen molar-refractivity contribution >= 4 is 29.9 Å². The maximum Gasteiger partial charge on any atom is 0.191 e. The van der Waals surface area contributed by atoms with Gasteiger partial charge >= 0.3 is 0 Å². The lowest BCUT2D eigenvalue weighted by molar-refractivity contribution is 0.127. The van der Waals surface area contributed by atoms with Crippen LogP contribution in [0.4, 0.5) is 0 Å². The fourth-order valence-corrected chi connectivity index (χ4v) is 4.03. The number of ether oxygens (including phenoxy) is 1. The number of guanidine groups is 1. The van der Waals surface area contributed by atoms with Crippen molar-refractivity contribution in [2.24, 2.45) is 16.3 Å². The van der Waals surface area contributed by atoms with E-state index in [0.717, 1.165) is 45.1 Å². The van der Waals surface area contributed by atoms with Crippen LogP contribution < -0.4 is 10.6 Å². The first-order valence-electron chi connectivity index (χ1n) is 9.96. The molecule has 2 atom stereocenters. The summed E-state index contributed by atoms with van der Waals surface area (Å²) in [5.74, 6) is 1.56. The Kier molecular flexibility index (Phi) is 11.4. The average molecular weight is 482 g/mol. The quantitative estimate of drug-likeness (QED) is 0.267. The monoisotopic (exact) mass is 482 g/mol. The highest BCUT2D eigenvalue weighted by Gasteiger charge is 2.34. The normalized spacial score (nSPS) is 25.3. The van der Waals surface area contributed by atoms with Crippen molar-refractivity contribution in [3.8, 4) is 0 Å². The lowest BCUT2D eigenvalue weighted by Gasteiger charge is -2.31. The predicted molar refractivity (Wildman–Crippen MR) is 118 cm³/mol. The second kappa shape index (κ2) is 12.4. The summed E-state index contributed by atoms with van der Waals surface area (Å²) < 4.78 is 5.57. The number of aliphatic hydroxyl groups is 1. The van der Waals surface area contributed by atoms with Gasteiger partial charge in [0.2, 0.25) is 0 Å². The maximum absolute atomic E-state index is 9.36. The highest BCUT2D eigenvalue weighted by Crippen LogP contribution is 2.31. The van der Waals surface area contributed by atoms with Gasteiger partial charge < -0.3 is 20.5 Å². The molecule has 154 valence electrons. The van der Waals surface area contributed by atoms with Gasteiger partial charge in [-0.2, -0.15) is 0 Å². The van der Waals surface area contributed by atoms with E-state index in [0.29, 0.717) is 12.0 Å². The third kappa shape index (κ3) is 7.48. The van der Waals surface area contributed by atoms with E-state index in [1.54, 1.807) is 0 Å². The van der Waals surface area contributed by atoms with E-state index in [2.05, 4.69) is 34.4 Å². The number of nitrogens with one attached hydrogen (secondary N) is 2. The molecule has 0 aliphatic carbocycles. The smallest absolute Gasteiger partial charge is 0.191 e. The van der Waals surface area contributed by atoms with Gasteiger partial charge in [0.05, 0.1) is 6.61 Å². The second-order valence-corrected chi connectivity index (χ2v) is 8.11. The average Bonchev–Trinajstić information content (AvgIpc) is 3.26. The number of hydrogen-bond acceptors (Lipinski definition) is 4. The molecule has 2 fully saturated rings. The number of halogens is 1. The molecular weight excluding hydrogens is 443 g/mol. The summed E-state index contributed by atoms with van der Waals surface area (Å²) in [4.78, 5) is 7.01. The van der Waals surface area contributed by atoms with E-state index in [4.69, 9.17) is 4.74 Å². The van der Waals surface area contributed by atoms with Gasteiger partial charge in [-0.1, -0.05) is 13.8 Å². The third-order valence-electron chi connectivity index (χ3n) is 5.59. The fourth-order valence-electron chi connectivity index (χ4n) is 4.03. The molecule has 3 N–H and O–H groups in total. The maximum atomic E-state index is 9.36. The van der Waals surface area contributed by atoms with Gasteiger partial charge in [0.25, 0.3) is 0 Å². The van der Waals surface area contributed by atoms with Crippen LogP contribution in [0.2, 0.25) is 0 Å². The first-order chi connectivity index (χ1) is 12.1. The molecule has 0 aromatic rings. The van der Waals surface area contributed by atoms with Gasteiger partial charge in [0.15, 0.2) is 5.96 Å². The minimum atomic E-state index is 0. The molecule has 26 heavy (non-hydrogen) atoms. The highest BCUT2D eigenvalue weighted by molar-refractivity contribution is 14.0. The van der Waals surface area contributed by atoms with Crippen molar-refractivity contribution in [2.75, 3.05) is 53.0 Å². The topological polar surface area (TPSA) is 69.1 Å². The van der Waals surface area contributed by atoms with E-state index in [1.165, 1.54) is 32.4 Å². The van der Waals surface area contributed by atoms with E-state index in [-0.39, 0.29) is 36.0 Å². The lowest BCUT2D eigenvalue weighted by Crippen LogP contribution is -2.49. The van der Waals surface area contributed by atoms with Gasteiger partial charge in [0, 0.05) is 44.8 Å². The van der Waals surface area contributed by atoms with Crippen molar-refractivity contribution in [1.82, 2.24) is 15.5 Å². The second-order valence-electron chi connectivity index (χ2n) is 8.11. The van der Waals surface area contributed by atoms with Crippen LogP contribution in [-0.4, -0.2) is 75.1 Å². The third-order valence-corrected chi connectivity index (χ3v) is 5.59. The Hall–Kier alpha value is -0.120. The van der Waals surface area contributed by atoms with E-state index < -0.39 is 0 Å². The molecule has 2 saturated heterocycles. The Balaban J connectivity index is 0.00000338. The zero-order chi connectivity index (χ0) is 18.1. The molecule has 2 rings (SSSR count). The van der Waals surface area contributed by atoms with Crippen LogP contribution >= 0.6 is 24.0 Å². The minimum Gasteiger partial charge on any atom is -0.396 e. The summed E-state index contributed by atoms with van der Waals surface area (Å²) in [5, 5.41) is 16.4. The lowest BCUT2D eigenvalue weighted by atomic mass is 9.84. The molecule has 0 bridgehead atoms. The van der Waals surface area contributed by atoms with Crippen LogP contribution in [0.25, 0.3) is 0 Å². The van der Waals surface area contributed by atoms with Crippen LogP contribution in [-0.2, 0) is 4.74 Å². The molecule has 2 aliphatic rings. The number of aliphatic imine (C=N–C) groups is 1. The molecule has 0 amide bonds. The molecule has 0 aromatic carbocycles. The van der Waals surface area contributed by atoms with E-state index in [1.807, 2.05) is 7.05 Å². The molecule has 0 aromatic heterocycles. The minimum absolute atomic E-state index is 0. The van der Waals surface area contributed by atoms with Crippen molar-refractivity contribution < 1.29 is 9.84 Å². The van der Waals surface area contributed by atoms with Gasteiger partial charge in [-0.05, 0) is 51.1 Å². The van der Waals surface area contributed by atoms with Gasteiger partial charge in [-0.25, -0.2) is 0 Å². The molecule has 2 unspecified atom stereocenters. The van der Waals surface area contributed by atoms with E-state index >= 15 is 0 Å². The standard InChI is InChI=1S/C19H38N4O2.HI/c1-16(2)12-17(23-8-4-5-9-23)13-21-18(20-3)22-14-19(6-10-24)7-11-25-15-19;/h16-17,24H,4-15H2,1-3H3,(H2,20,21,22);1H. The first-order valence-corrected chi connectivity index (χ1v) is 9.96. The number of nitrogens with zero attached hydrogens (tertiary/aromatic N) is 2. The van der Waals surface area contributed by atoms with Crippen molar-refractivity contribution in [3.63, 3.8) is 0 Å². The Labute approximate surface area is 176 Å². The van der Waals surface area contributed by atoms with Gasteiger partial charge in [0.1, 0.15) is 0 Å². The van der Waals surface area contributed by atoms with Crippen LogP contribution in [0.15, 0.2) is 4.99 Å². The van der Waals surface area contributed by atoms with Gasteiger partial charge in [-0.3, -0.25) is 9.89 Å². The molecule has 6 nitrogen and oxygen atoms in total. The van der Waals surface area contributed by atoms with Crippen LogP contribution in [0.3, 0.4) is 0 Å². The molecule has 0 saturated carbocycles. The number of rotatable bonds is 9. The molecule has 0 radical (unpaired) electrons. The Bertz CT molecular complexity index is 408. The molecule has 2 aliphatic heterocycles. The predicted octanol–water partition coefficient (Wildman–Crippen LogP) is 2.07. The largest absolute Gasteiger partial charge is 0.396 e. The summed E-state index contributed by atoms with van der Waals surface area (Å²) in [6, 6.07) is 0.572. The summed E-state index contributed by atoms with van der Waals surface area (Å²) in [6.07, 6.45) is 5.64. The van der Waals surface area contributed by atoms with Crippen molar-refractivity contribution in [3.05, 3.63) is 0 Å². The summed E-state index contributed by atoms with van der Waals surface area (Å²) in [5.41, 5.74) is 0.0403. The molecule has 0 spiro atoms. The van der Waals surface area contributed by atoms with Crippen LogP contribution in [0, 0.1) is 11.3 Å². The van der Waals surface area contributed by atoms with Crippen molar-refractivity contribution in [2.45, 2.75) is 52.0 Å². The zero-order valence-corrected chi connectivity index (χ0v) is 19.1. The number of aliphatic hydroxyl groups excluding tert-OH is 1. The highest BCUT2D eigenvalue weighted by atomic mass is 127. The Morgan fingerprint density at radius 1 is 1.27 bits per heavy atom. The van der Waals surface area contributed by atoms with Crippen LogP contribution in [0.1, 0.15) is 46.0 Å². The number of hydrogen-bond donors (Lipinski definition) is 3. The molecule has 7 heteroatoms. The van der Waals surface area contributed by atoms with Crippen LogP contribution in [0.5, 0.6) is 0 Å². The fraction of sp³-hybridized carbons (Fsp3) is 0.947. The summed E-state index contributed by atoms with van der Waals surface area (Å²) in [6.45, 7) is 10.5. The van der Waals surface area contributed by atoms with E-state index in [9.17, 15) is 5.11 Å². The molecule has 2 heterocycles. The number of likely N-dealkylation sites (tertiary alicyclic amines) is 1. The zero-order valence-electron chi connectivity index (χ0n) is 16.8. The Morgan fingerprint density at radius 3 is 2.54 bits per heavy atom. The summed E-state index contributed by atoms with van der Waals surface area (Å²) >= 11 is 0.